The van der Waals surface area contributed by atoms with Gasteiger partial charge in [-0.2, -0.15) is 21.6 Å². The van der Waals surface area contributed by atoms with E-state index in [0.29, 0.717) is 0 Å². The minimum Gasteiger partial charge on any atom is -0.351 e. The van der Waals surface area contributed by atoms with Gasteiger partial charge in [-0.1, -0.05) is 0 Å². The molecule has 0 aliphatic carbocycles. The average Bonchev–Trinajstić information content (AvgIpc) is 2.91. The van der Waals surface area contributed by atoms with Gasteiger partial charge in [0.05, 0.1) is 15.5 Å². The molecule has 0 N–H and O–H groups in total. The Kier molecular flexibility index (Phi) is 3.48. The highest BCUT2D eigenvalue weighted by molar-refractivity contribution is 9.10. The van der Waals surface area contributed by atoms with Crippen LogP contribution >= 0.6 is 15.9 Å². The fourth-order valence-corrected chi connectivity index (χ4v) is 2.80. The molecule has 0 aliphatic rings. The number of halogens is 5. The summed E-state index contributed by atoms with van der Waals surface area (Å²) in [6.45, 7) is 0. The summed E-state index contributed by atoms with van der Waals surface area (Å²) in [6, 6.07) is 2.19. The highest BCUT2D eigenvalue weighted by Crippen LogP contribution is 2.32. The molecule has 122 valence electrons. The normalized spacial score (nSPS) is 12.9. The second-order valence-corrected chi connectivity index (χ2v) is 6.58. The Morgan fingerprint density at radius 1 is 1.26 bits per heavy atom. The molecule has 0 unspecified atom stereocenters. The third-order valence-corrected chi connectivity index (χ3v) is 4.51. The van der Waals surface area contributed by atoms with Crippen LogP contribution in [0, 0.1) is 5.82 Å². The van der Waals surface area contributed by atoms with Crippen molar-refractivity contribution in [3.8, 4) is 5.88 Å². The lowest BCUT2D eigenvalue weighted by Gasteiger charge is -2.11. The Morgan fingerprint density at radius 3 is 2.61 bits per heavy atom. The first-order valence-electron chi connectivity index (χ1n) is 5.73. The zero-order valence-electron chi connectivity index (χ0n) is 10.7. The van der Waals surface area contributed by atoms with Crippen molar-refractivity contribution in [1.82, 2.24) is 14.4 Å². The fraction of sp³-hybridized carbons (Fsp3) is 0.0909. The van der Waals surface area contributed by atoms with Gasteiger partial charge in [-0.25, -0.2) is 14.4 Å². The van der Waals surface area contributed by atoms with Crippen molar-refractivity contribution < 1.29 is 30.2 Å². The van der Waals surface area contributed by atoms with Gasteiger partial charge in [-0.05, 0) is 28.1 Å². The average molecular weight is 414 g/mol. The molecule has 0 saturated carbocycles. The molecule has 0 bridgehead atoms. The Balaban J connectivity index is 2.31. The molecule has 0 aliphatic heterocycles. The highest BCUT2D eigenvalue weighted by atomic mass is 79.9. The van der Waals surface area contributed by atoms with E-state index in [1.807, 2.05) is 0 Å². The molecule has 6 nitrogen and oxygen atoms in total. The van der Waals surface area contributed by atoms with E-state index < -0.39 is 27.3 Å². The van der Waals surface area contributed by atoms with Crippen LogP contribution in [0.1, 0.15) is 0 Å². The number of imidazole rings is 1. The van der Waals surface area contributed by atoms with Crippen molar-refractivity contribution >= 4 is 42.7 Å². The first kappa shape index (κ1) is 15.9. The van der Waals surface area contributed by atoms with E-state index in [4.69, 9.17) is 0 Å². The van der Waals surface area contributed by atoms with Crippen molar-refractivity contribution in [3.63, 3.8) is 0 Å². The Hall–Kier alpha value is -1.95. The van der Waals surface area contributed by atoms with Gasteiger partial charge in [-0.3, -0.25) is 4.40 Å². The van der Waals surface area contributed by atoms with Crippen LogP contribution in [0.4, 0.5) is 17.6 Å². The van der Waals surface area contributed by atoms with E-state index in [1.54, 1.807) is 0 Å². The van der Waals surface area contributed by atoms with Gasteiger partial charge in [0.15, 0.2) is 0 Å². The van der Waals surface area contributed by atoms with Gasteiger partial charge < -0.3 is 4.18 Å². The van der Waals surface area contributed by atoms with Crippen LogP contribution < -0.4 is 4.18 Å². The summed E-state index contributed by atoms with van der Waals surface area (Å²) in [4.78, 5) is 7.40. The maximum Gasteiger partial charge on any atom is 0.534 e. The molecule has 3 rings (SSSR count). The summed E-state index contributed by atoms with van der Waals surface area (Å²) in [5.74, 6) is -1.50. The van der Waals surface area contributed by atoms with Gasteiger partial charge in [0, 0.05) is 12.4 Å². The predicted octanol–water partition coefficient (Wildman–Crippen LogP) is 3.01. The molecule has 12 heteroatoms. The van der Waals surface area contributed by atoms with Crippen LogP contribution in [0.15, 0.2) is 29.0 Å². The highest BCUT2D eigenvalue weighted by Gasteiger charge is 2.49. The molecule has 3 aromatic rings. The molecular formula is C11H4BrF4N3O3S. The molecule has 2 aromatic heterocycles. The number of rotatable bonds is 2. The SMILES string of the molecule is O=S(=O)(Oc1nc2ccc(F)c(Br)c2n2ccnc12)C(F)(F)F. The summed E-state index contributed by atoms with van der Waals surface area (Å²) in [5, 5.41) is 0. The van der Waals surface area contributed by atoms with Crippen LogP contribution in [-0.2, 0) is 10.1 Å². The van der Waals surface area contributed by atoms with Crippen molar-refractivity contribution in [3.05, 3.63) is 34.8 Å². The van der Waals surface area contributed by atoms with E-state index in [1.165, 1.54) is 18.5 Å². The van der Waals surface area contributed by atoms with Gasteiger partial charge in [0.2, 0.25) is 5.65 Å². The zero-order chi connectivity index (χ0) is 17.0. The monoisotopic (exact) mass is 413 g/mol. The number of alkyl halides is 3. The Morgan fingerprint density at radius 2 is 1.96 bits per heavy atom. The number of hydrogen-bond donors (Lipinski definition) is 0. The maximum absolute atomic E-state index is 13.6. The molecule has 0 fully saturated rings. The van der Waals surface area contributed by atoms with Gasteiger partial charge >= 0.3 is 15.6 Å². The lowest BCUT2D eigenvalue weighted by Crippen LogP contribution is -2.28. The predicted molar refractivity (Wildman–Crippen MR) is 73.8 cm³/mol. The first-order chi connectivity index (χ1) is 10.6. The number of nitrogens with zero attached hydrogens (tertiary/aromatic N) is 3. The maximum atomic E-state index is 13.6. The molecule has 23 heavy (non-hydrogen) atoms. The minimum atomic E-state index is -5.91. The lowest BCUT2D eigenvalue weighted by molar-refractivity contribution is -0.0500. The van der Waals surface area contributed by atoms with Gasteiger partial charge in [-0.15, -0.1) is 0 Å². The molecule has 2 heterocycles. The summed E-state index contributed by atoms with van der Waals surface area (Å²) < 4.78 is 78.5. The van der Waals surface area contributed by atoms with E-state index in [-0.39, 0.29) is 21.2 Å². The quantitative estimate of drug-likeness (QED) is 0.366. The van der Waals surface area contributed by atoms with Gasteiger partial charge in [0.25, 0.3) is 5.88 Å². The molecule has 0 spiro atoms. The topological polar surface area (TPSA) is 73.6 Å². The third-order valence-electron chi connectivity index (χ3n) is 2.81. The zero-order valence-corrected chi connectivity index (χ0v) is 13.1. The standard InChI is InChI=1S/C11H4BrF4N3O3S/c12-7-5(13)1-2-6-8(7)19-4-3-17-9(19)10(18-6)22-23(20,21)11(14,15)16/h1-4H. The third kappa shape index (κ3) is 2.51. The van der Waals surface area contributed by atoms with E-state index >= 15 is 0 Å². The van der Waals surface area contributed by atoms with Crippen LogP contribution in [0.25, 0.3) is 16.7 Å². The number of hydrogen-bond acceptors (Lipinski definition) is 5. The molecule has 0 radical (unpaired) electrons. The molecule has 0 amide bonds. The van der Waals surface area contributed by atoms with E-state index in [2.05, 4.69) is 30.1 Å². The van der Waals surface area contributed by atoms with Crippen LogP contribution in [0.3, 0.4) is 0 Å². The largest absolute Gasteiger partial charge is 0.534 e. The fourth-order valence-electron chi connectivity index (χ4n) is 1.86. The van der Waals surface area contributed by atoms with Crippen molar-refractivity contribution in [2.45, 2.75) is 5.51 Å². The molecule has 0 atom stereocenters. The van der Waals surface area contributed by atoms with Crippen LogP contribution in [0.2, 0.25) is 0 Å². The van der Waals surface area contributed by atoms with Gasteiger partial charge in [0.1, 0.15) is 5.82 Å². The number of benzene rings is 1. The summed E-state index contributed by atoms with van der Waals surface area (Å²) in [6.07, 6.45) is 2.48. The van der Waals surface area contributed by atoms with Crippen molar-refractivity contribution in [2.75, 3.05) is 0 Å². The first-order valence-corrected chi connectivity index (χ1v) is 7.93. The van der Waals surface area contributed by atoms with E-state index in [0.717, 1.165) is 10.5 Å². The Bertz CT molecular complexity index is 1030. The van der Waals surface area contributed by atoms with Crippen LogP contribution in [0.5, 0.6) is 5.88 Å². The van der Waals surface area contributed by atoms with Crippen molar-refractivity contribution in [2.24, 2.45) is 0 Å². The number of aromatic nitrogens is 3. The molecule has 1 aromatic carbocycles. The van der Waals surface area contributed by atoms with Crippen molar-refractivity contribution in [1.29, 1.82) is 0 Å². The molecule has 0 saturated heterocycles. The lowest BCUT2D eigenvalue weighted by atomic mass is 10.3. The molecular weight excluding hydrogens is 410 g/mol. The summed E-state index contributed by atoms with van der Waals surface area (Å²) in [7, 11) is -5.91. The van der Waals surface area contributed by atoms with E-state index in [9.17, 15) is 26.0 Å². The summed E-state index contributed by atoms with van der Waals surface area (Å²) >= 11 is 3.00. The number of fused-ring (bicyclic) bond motifs is 3. The second kappa shape index (κ2) is 5.03. The summed E-state index contributed by atoms with van der Waals surface area (Å²) in [5.41, 5.74) is -5.75. The second-order valence-electron chi connectivity index (χ2n) is 4.25. The minimum absolute atomic E-state index is 0.00396. The van der Waals surface area contributed by atoms with Crippen LogP contribution in [-0.4, -0.2) is 28.3 Å². The Labute approximate surface area is 134 Å². The smallest absolute Gasteiger partial charge is 0.351 e.